The van der Waals surface area contributed by atoms with Crippen molar-refractivity contribution in [1.82, 2.24) is 10.2 Å². The van der Waals surface area contributed by atoms with Gasteiger partial charge >= 0.3 is 0 Å². The van der Waals surface area contributed by atoms with Crippen molar-refractivity contribution in [3.63, 3.8) is 0 Å². The molecule has 0 aromatic heterocycles. The van der Waals surface area contributed by atoms with Crippen LogP contribution in [0.15, 0.2) is 23.8 Å². The first-order valence-electron chi connectivity index (χ1n) is 14.2. The molecule has 0 bridgehead atoms. The van der Waals surface area contributed by atoms with Crippen LogP contribution in [-0.2, 0) is 20.9 Å². The Hall–Kier alpha value is -2.66. The Morgan fingerprint density at radius 3 is 2.54 bits per heavy atom. The molecule has 1 saturated heterocycles. The molecule has 2 aliphatic carbocycles. The van der Waals surface area contributed by atoms with Gasteiger partial charge in [0, 0.05) is 30.3 Å². The summed E-state index contributed by atoms with van der Waals surface area (Å²) in [5.74, 6) is -0.535. The smallest absolute Gasteiger partial charge is 0.247 e. The largest absolute Gasteiger partial charge is 0.493 e. The van der Waals surface area contributed by atoms with Gasteiger partial charge in [-0.1, -0.05) is 25.7 Å². The fraction of sp³-hybridized carbons (Fsp3) is 0.655. The van der Waals surface area contributed by atoms with E-state index in [9.17, 15) is 24.9 Å². The van der Waals surface area contributed by atoms with Crippen molar-refractivity contribution >= 4 is 11.8 Å². The summed E-state index contributed by atoms with van der Waals surface area (Å²) in [6.45, 7) is 0.508. The average Bonchev–Trinajstić information content (AvgIpc) is 3.55. The zero-order valence-electron chi connectivity index (χ0n) is 22.5. The molecule has 2 fully saturated rings. The summed E-state index contributed by atoms with van der Waals surface area (Å²) in [7, 11) is 1.50. The first kappa shape index (κ1) is 27.9. The van der Waals surface area contributed by atoms with Crippen molar-refractivity contribution in [2.75, 3.05) is 33.5 Å². The number of aliphatic hydroxyl groups is 3. The minimum Gasteiger partial charge on any atom is -0.493 e. The van der Waals surface area contributed by atoms with Crippen LogP contribution in [-0.4, -0.2) is 89.8 Å². The molecule has 2 amide bonds. The van der Waals surface area contributed by atoms with Gasteiger partial charge in [-0.15, -0.1) is 0 Å². The van der Waals surface area contributed by atoms with E-state index in [2.05, 4.69) is 5.32 Å². The Morgan fingerprint density at radius 2 is 1.90 bits per heavy atom. The van der Waals surface area contributed by atoms with Crippen molar-refractivity contribution in [2.24, 2.45) is 5.92 Å². The molecule has 5 atom stereocenters. The van der Waals surface area contributed by atoms with Crippen LogP contribution in [0.4, 0.5) is 0 Å². The molecule has 0 spiro atoms. The second kappa shape index (κ2) is 12.2. The number of aliphatic hydroxyl groups excluding tert-OH is 3. The standard InChI is InChI=1S/C29H40N2O8/c1-37-23-13-17(15-33)12-20-24-21(28(35)30-9-10-32)14-22(25(34)27(24)39-26(20)23)31(19-6-4-2-3-5-7-19)29(36)18-8-11-38-16-18/h12-14,18-19,22,24-25,27,32-34H,2-11,15-16H2,1H3,(H,30,35)/t18?,22-,24+,25+,27+/m1/s1. The summed E-state index contributed by atoms with van der Waals surface area (Å²) in [4.78, 5) is 29.4. The number of carbonyl (C=O) groups is 2. The normalized spacial score (nSPS) is 28.5. The number of hydrogen-bond acceptors (Lipinski definition) is 8. The molecule has 2 heterocycles. The van der Waals surface area contributed by atoms with Crippen LogP contribution in [0.1, 0.15) is 62.0 Å². The van der Waals surface area contributed by atoms with Gasteiger partial charge in [-0.05, 0) is 43.0 Å². The monoisotopic (exact) mass is 544 g/mol. The fourth-order valence-electron chi connectivity index (χ4n) is 6.64. The van der Waals surface area contributed by atoms with E-state index in [-0.39, 0.29) is 37.6 Å². The molecular formula is C29H40N2O8. The topological polar surface area (TPSA) is 138 Å². The zero-order chi connectivity index (χ0) is 27.5. The molecule has 214 valence electrons. The van der Waals surface area contributed by atoms with E-state index < -0.39 is 30.1 Å². The molecule has 5 rings (SSSR count). The zero-order valence-corrected chi connectivity index (χ0v) is 22.5. The molecular weight excluding hydrogens is 504 g/mol. The molecule has 39 heavy (non-hydrogen) atoms. The Bertz CT molecular complexity index is 1080. The Kier molecular flexibility index (Phi) is 8.76. The Morgan fingerprint density at radius 1 is 1.13 bits per heavy atom. The van der Waals surface area contributed by atoms with Crippen LogP contribution >= 0.6 is 0 Å². The lowest BCUT2D eigenvalue weighted by molar-refractivity contribution is -0.145. The van der Waals surface area contributed by atoms with Gasteiger partial charge in [0.2, 0.25) is 11.8 Å². The first-order chi connectivity index (χ1) is 19.0. The lowest BCUT2D eigenvalue weighted by Gasteiger charge is -2.44. The van der Waals surface area contributed by atoms with E-state index in [0.29, 0.717) is 47.8 Å². The van der Waals surface area contributed by atoms with Crippen molar-refractivity contribution in [1.29, 1.82) is 0 Å². The number of carbonyl (C=O) groups excluding carboxylic acids is 2. The van der Waals surface area contributed by atoms with Crippen LogP contribution < -0.4 is 14.8 Å². The second-order valence-electron chi connectivity index (χ2n) is 11.0. The number of hydrogen-bond donors (Lipinski definition) is 4. The number of methoxy groups -OCH3 is 1. The third-order valence-electron chi connectivity index (χ3n) is 8.57. The number of amides is 2. The Labute approximate surface area is 228 Å². The molecule has 1 aromatic carbocycles. The highest BCUT2D eigenvalue weighted by molar-refractivity contribution is 5.96. The van der Waals surface area contributed by atoms with Gasteiger partial charge in [0.25, 0.3) is 0 Å². The lowest BCUT2D eigenvalue weighted by Crippen LogP contribution is -2.59. The number of nitrogens with zero attached hydrogens (tertiary/aromatic N) is 1. The van der Waals surface area contributed by atoms with Crippen LogP contribution in [0.3, 0.4) is 0 Å². The molecule has 1 saturated carbocycles. The minimum atomic E-state index is -1.10. The first-order valence-corrected chi connectivity index (χ1v) is 14.2. The fourth-order valence-corrected chi connectivity index (χ4v) is 6.64. The highest BCUT2D eigenvalue weighted by Crippen LogP contribution is 2.51. The van der Waals surface area contributed by atoms with Crippen molar-refractivity contribution in [3.05, 3.63) is 34.9 Å². The summed E-state index contributed by atoms with van der Waals surface area (Å²) in [6.07, 6.45) is 6.32. The predicted molar refractivity (Wildman–Crippen MR) is 141 cm³/mol. The van der Waals surface area contributed by atoms with Gasteiger partial charge < -0.3 is 39.7 Å². The maximum Gasteiger partial charge on any atom is 0.247 e. The predicted octanol–water partition coefficient (Wildman–Crippen LogP) is 1.40. The third kappa shape index (κ3) is 5.39. The van der Waals surface area contributed by atoms with Crippen molar-refractivity contribution in [2.45, 2.75) is 81.8 Å². The molecule has 0 radical (unpaired) electrons. The van der Waals surface area contributed by atoms with E-state index >= 15 is 0 Å². The van der Waals surface area contributed by atoms with E-state index in [1.807, 2.05) is 4.90 Å². The van der Waals surface area contributed by atoms with Gasteiger partial charge in [0.15, 0.2) is 11.5 Å². The summed E-state index contributed by atoms with van der Waals surface area (Å²) in [5.41, 5.74) is 1.61. The van der Waals surface area contributed by atoms with Gasteiger partial charge in [-0.25, -0.2) is 0 Å². The van der Waals surface area contributed by atoms with E-state index in [0.717, 1.165) is 38.5 Å². The lowest BCUT2D eigenvalue weighted by atomic mass is 9.76. The second-order valence-corrected chi connectivity index (χ2v) is 11.0. The molecule has 4 aliphatic rings. The number of fused-ring (bicyclic) bond motifs is 3. The highest BCUT2D eigenvalue weighted by Gasteiger charge is 2.52. The maximum atomic E-state index is 14.0. The van der Waals surface area contributed by atoms with Crippen LogP contribution in [0.25, 0.3) is 0 Å². The minimum absolute atomic E-state index is 0.0519. The third-order valence-corrected chi connectivity index (χ3v) is 8.57. The molecule has 2 aliphatic heterocycles. The van der Waals surface area contributed by atoms with Crippen molar-refractivity contribution < 1.29 is 39.1 Å². The summed E-state index contributed by atoms with van der Waals surface area (Å²) in [5, 5.41) is 33.8. The van der Waals surface area contributed by atoms with E-state index in [4.69, 9.17) is 14.2 Å². The Balaban J connectivity index is 1.59. The van der Waals surface area contributed by atoms with Crippen molar-refractivity contribution in [3.8, 4) is 11.5 Å². The van der Waals surface area contributed by atoms with Gasteiger partial charge in [0.05, 0.1) is 44.8 Å². The van der Waals surface area contributed by atoms with Gasteiger partial charge in [-0.3, -0.25) is 9.59 Å². The number of nitrogens with one attached hydrogen (secondary N) is 1. The van der Waals surface area contributed by atoms with Gasteiger partial charge in [0.1, 0.15) is 12.2 Å². The van der Waals surface area contributed by atoms with Crippen LogP contribution in [0.2, 0.25) is 0 Å². The molecule has 4 N–H and O–H groups in total. The highest BCUT2D eigenvalue weighted by atomic mass is 16.5. The molecule has 10 heteroatoms. The average molecular weight is 545 g/mol. The van der Waals surface area contributed by atoms with Crippen LogP contribution in [0, 0.1) is 5.92 Å². The van der Waals surface area contributed by atoms with Gasteiger partial charge in [-0.2, -0.15) is 0 Å². The quantitative estimate of drug-likeness (QED) is 0.361. The summed E-state index contributed by atoms with van der Waals surface area (Å²) >= 11 is 0. The van der Waals surface area contributed by atoms with E-state index in [1.165, 1.54) is 7.11 Å². The number of benzene rings is 1. The summed E-state index contributed by atoms with van der Waals surface area (Å²) < 4.78 is 17.4. The molecule has 1 unspecified atom stereocenters. The maximum absolute atomic E-state index is 14.0. The molecule has 10 nitrogen and oxygen atoms in total. The SMILES string of the molecule is COc1cc(CO)cc2c1O[C@@H]1[C@@H](O)[C@H](N(C(=O)C3CCOC3)C3CCCCCC3)C=C(C(=O)NCCO)[C@H]21. The molecule has 1 aromatic rings. The van der Waals surface area contributed by atoms with E-state index in [1.54, 1.807) is 18.2 Å². The summed E-state index contributed by atoms with van der Waals surface area (Å²) in [6, 6.07) is 2.62. The van der Waals surface area contributed by atoms with Crippen LogP contribution in [0.5, 0.6) is 11.5 Å². The number of ether oxygens (including phenoxy) is 3. The number of rotatable bonds is 8.